The van der Waals surface area contributed by atoms with Gasteiger partial charge in [-0.05, 0) is 30.5 Å². The summed E-state index contributed by atoms with van der Waals surface area (Å²) < 4.78 is 1.93. The fraction of sp³-hybridized carbons (Fsp3) is 0.154. The van der Waals surface area contributed by atoms with Crippen molar-refractivity contribution in [3.8, 4) is 0 Å². The third-order valence-corrected chi connectivity index (χ3v) is 2.57. The molecule has 0 fully saturated rings. The smallest absolute Gasteiger partial charge is 0.313 e. The average molecular weight is 297 g/mol. The van der Waals surface area contributed by atoms with Crippen LogP contribution in [0.3, 0.4) is 0 Å². The van der Waals surface area contributed by atoms with Gasteiger partial charge < -0.3 is 4.57 Å². The standard InChI is InChI=1S/C13H13ClN2.H2NO3/c14-13-6-4-12(5-7-13)3-1-2-9-16-10-8-15-11-16;2-1(3)4/h2,4-11H,1,3H2;(H2,2,3,4)/q;+1/b9-2-;. The van der Waals surface area contributed by atoms with Crippen molar-refractivity contribution < 1.29 is 15.5 Å². The molecule has 1 aromatic heterocycles. The first-order valence-electron chi connectivity index (χ1n) is 5.81. The van der Waals surface area contributed by atoms with Gasteiger partial charge in [0.2, 0.25) is 0 Å². The Morgan fingerprint density at radius 3 is 2.50 bits per heavy atom. The van der Waals surface area contributed by atoms with Gasteiger partial charge in [-0.3, -0.25) is 0 Å². The van der Waals surface area contributed by atoms with E-state index in [1.165, 1.54) is 5.56 Å². The van der Waals surface area contributed by atoms with Gasteiger partial charge in [0.1, 0.15) is 4.91 Å². The van der Waals surface area contributed by atoms with Gasteiger partial charge in [-0.15, -0.1) is 0 Å². The highest BCUT2D eigenvalue weighted by molar-refractivity contribution is 6.30. The van der Waals surface area contributed by atoms with Crippen LogP contribution in [0.15, 0.2) is 49.1 Å². The van der Waals surface area contributed by atoms with Crippen LogP contribution in [0.4, 0.5) is 0 Å². The van der Waals surface area contributed by atoms with E-state index in [4.69, 9.17) is 26.9 Å². The largest absolute Gasteiger partial charge is 0.472 e. The molecule has 0 saturated carbocycles. The SMILES string of the molecule is Clc1ccc(CC/C=C\n2ccnc2)cc1.O=[N+](O)O. The summed E-state index contributed by atoms with van der Waals surface area (Å²) in [5.41, 5.74) is 1.31. The van der Waals surface area contributed by atoms with Crippen LogP contribution in [-0.2, 0) is 6.42 Å². The topological polar surface area (TPSA) is 78.4 Å². The second-order valence-corrected chi connectivity index (χ2v) is 4.25. The average Bonchev–Trinajstić information content (AvgIpc) is 2.89. The van der Waals surface area contributed by atoms with Crippen LogP contribution in [0.5, 0.6) is 0 Å². The predicted octanol–water partition coefficient (Wildman–Crippen LogP) is 3.18. The second-order valence-electron chi connectivity index (χ2n) is 3.81. The predicted molar refractivity (Wildman–Crippen MR) is 74.5 cm³/mol. The lowest BCUT2D eigenvalue weighted by Gasteiger charge is -1.98. The number of rotatable bonds is 4. The molecular formula is C13H15ClN3O3+. The van der Waals surface area contributed by atoms with Crippen molar-refractivity contribution in [3.63, 3.8) is 0 Å². The lowest BCUT2D eigenvalue weighted by atomic mass is 10.1. The van der Waals surface area contributed by atoms with E-state index < -0.39 is 5.09 Å². The van der Waals surface area contributed by atoms with Crippen LogP contribution in [-0.4, -0.2) is 25.1 Å². The quantitative estimate of drug-likeness (QED) is 0.849. The number of hydrogen-bond donors (Lipinski definition) is 2. The lowest BCUT2D eigenvalue weighted by molar-refractivity contribution is -0.969. The number of imidazole rings is 1. The number of halogens is 1. The fourth-order valence-corrected chi connectivity index (χ4v) is 1.58. The second kappa shape index (κ2) is 8.71. The van der Waals surface area contributed by atoms with Crippen molar-refractivity contribution in [1.29, 1.82) is 0 Å². The molecule has 0 unspecified atom stereocenters. The molecule has 0 radical (unpaired) electrons. The molecule has 0 amide bonds. The summed E-state index contributed by atoms with van der Waals surface area (Å²) >= 11 is 5.82. The van der Waals surface area contributed by atoms with Crippen LogP contribution in [0.2, 0.25) is 5.02 Å². The van der Waals surface area contributed by atoms with Crippen molar-refractivity contribution in [2.24, 2.45) is 0 Å². The maximum atomic E-state index is 8.47. The van der Waals surface area contributed by atoms with Gasteiger partial charge in [-0.25, -0.2) is 15.4 Å². The first-order valence-corrected chi connectivity index (χ1v) is 6.19. The minimum atomic E-state index is -1.25. The van der Waals surface area contributed by atoms with Crippen molar-refractivity contribution in [1.82, 2.24) is 9.55 Å². The van der Waals surface area contributed by atoms with E-state index in [1.54, 1.807) is 12.5 Å². The van der Waals surface area contributed by atoms with Gasteiger partial charge in [0.15, 0.2) is 0 Å². The number of hydrogen-bond acceptors (Lipinski definition) is 2. The molecule has 0 aliphatic rings. The number of nitrogens with zero attached hydrogens (tertiary/aromatic N) is 3. The minimum absolute atomic E-state index is 0.790. The zero-order valence-electron chi connectivity index (χ0n) is 10.6. The number of allylic oxidation sites excluding steroid dienone is 1. The molecule has 20 heavy (non-hydrogen) atoms. The Balaban J connectivity index is 0.000000444. The molecule has 2 aromatic rings. The molecule has 0 aliphatic heterocycles. The highest BCUT2D eigenvalue weighted by atomic mass is 35.5. The van der Waals surface area contributed by atoms with Crippen molar-refractivity contribution in [2.45, 2.75) is 12.8 Å². The summed E-state index contributed by atoms with van der Waals surface area (Å²) in [6.07, 6.45) is 11.7. The van der Waals surface area contributed by atoms with Crippen molar-refractivity contribution in [2.75, 3.05) is 0 Å². The number of benzene rings is 1. The Morgan fingerprint density at radius 2 is 1.95 bits per heavy atom. The van der Waals surface area contributed by atoms with E-state index in [0.29, 0.717) is 0 Å². The lowest BCUT2D eigenvalue weighted by Crippen LogP contribution is -1.87. The molecule has 0 spiro atoms. The molecular weight excluding hydrogens is 282 g/mol. The van der Waals surface area contributed by atoms with Crippen LogP contribution in [0.25, 0.3) is 6.20 Å². The third kappa shape index (κ3) is 7.17. The molecule has 1 heterocycles. The fourth-order valence-electron chi connectivity index (χ4n) is 1.45. The maximum Gasteiger partial charge on any atom is 0.472 e. The van der Waals surface area contributed by atoms with E-state index in [2.05, 4.69) is 23.2 Å². The summed E-state index contributed by atoms with van der Waals surface area (Å²) in [7, 11) is 0. The molecule has 6 nitrogen and oxygen atoms in total. The number of aryl methyl sites for hydroxylation is 1. The molecule has 0 aliphatic carbocycles. The highest BCUT2D eigenvalue weighted by Gasteiger charge is 1.91. The number of aromatic nitrogens is 2. The molecule has 2 N–H and O–H groups in total. The van der Waals surface area contributed by atoms with E-state index in [0.717, 1.165) is 17.9 Å². The van der Waals surface area contributed by atoms with E-state index in [-0.39, 0.29) is 0 Å². The van der Waals surface area contributed by atoms with Gasteiger partial charge >= 0.3 is 5.09 Å². The highest BCUT2D eigenvalue weighted by Crippen LogP contribution is 2.11. The Morgan fingerprint density at radius 1 is 1.30 bits per heavy atom. The molecule has 0 saturated heterocycles. The molecule has 1 aromatic carbocycles. The molecule has 0 bridgehead atoms. The summed E-state index contributed by atoms with van der Waals surface area (Å²) in [5, 5.41) is 13.3. The summed E-state index contributed by atoms with van der Waals surface area (Å²) in [6.45, 7) is 0. The van der Waals surface area contributed by atoms with Gasteiger partial charge in [0.25, 0.3) is 0 Å². The van der Waals surface area contributed by atoms with E-state index >= 15 is 0 Å². The van der Waals surface area contributed by atoms with Crippen LogP contribution < -0.4 is 0 Å². The third-order valence-electron chi connectivity index (χ3n) is 2.32. The first kappa shape index (κ1) is 15.7. The Labute approximate surface area is 121 Å². The summed E-state index contributed by atoms with van der Waals surface area (Å²) in [6, 6.07) is 7.98. The normalized spacial score (nSPS) is 10.1. The monoisotopic (exact) mass is 296 g/mol. The zero-order valence-corrected chi connectivity index (χ0v) is 11.4. The molecule has 0 atom stereocenters. The van der Waals surface area contributed by atoms with Gasteiger partial charge in [0.05, 0.1) is 6.33 Å². The molecule has 7 heteroatoms. The molecule has 2 rings (SSSR count). The Bertz CT molecular complexity index is 534. The molecule has 106 valence electrons. The minimum Gasteiger partial charge on any atom is -0.313 e. The van der Waals surface area contributed by atoms with Crippen LogP contribution in [0.1, 0.15) is 12.0 Å². The van der Waals surface area contributed by atoms with Gasteiger partial charge in [-0.1, -0.05) is 29.8 Å². The maximum absolute atomic E-state index is 8.47. The summed E-state index contributed by atoms with van der Waals surface area (Å²) in [4.78, 5) is 12.4. The van der Waals surface area contributed by atoms with Gasteiger partial charge in [-0.2, -0.15) is 0 Å². The van der Waals surface area contributed by atoms with Gasteiger partial charge in [0, 0.05) is 23.6 Å². The first-order chi connectivity index (χ1) is 9.58. The van der Waals surface area contributed by atoms with Crippen LogP contribution in [0, 0.1) is 4.91 Å². The zero-order chi connectivity index (χ0) is 14.8. The van der Waals surface area contributed by atoms with E-state index in [9.17, 15) is 0 Å². The van der Waals surface area contributed by atoms with Crippen molar-refractivity contribution >= 4 is 17.8 Å². The Hall–Kier alpha value is -2.34. The summed E-state index contributed by atoms with van der Waals surface area (Å²) in [5.74, 6) is 0. The van der Waals surface area contributed by atoms with Crippen molar-refractivity contribution in [3.05, 3.63) is 64.6 Å². The van der Waals surface area contributed by atoms with Crippen LogP contribution >= 0.6 is 11.6 Å². The Kier molecular flexibility index (Phi) is 6.84. The van der Waals surface area contributed by atoms with E-state index in [1.807, 2.05) is 29.1 Å².